The SMILES string of the molecule is NC(=O)c1cccc(NCC2CCCO2)c1. The third-order valence-corrected chi connectivity index (χ3v) is 2.70. The van der Waals surface area contributed by atoms with Crippen molar-refractivity contribution in [3.8, 4) is 0 Å². The minimum Gasteiger partial charge on any atom is -0.382 e. The molecule has 16 heavy (non-hydrogen) atoms. The summed E-state index contributed by atoms with van der Waals surface area (Å²) in [4.78, 5) is 11.0. The fraction of sp³-hybridized carbons (Fsp3) is 0.417. The molecule has 1 aromatic carbocycles. The van der Waals surface area contributed by atoms with E-state index in [1.165, 1.54) is 0 Å². The molecule has 0 bridgehead atoms. The molecular formula is C12H16N2O2. The molecule has 86 valence electrons. The first-order valence-electron chi connectivity index (χ1n) is 5.51. The van der Waals surface area contributed by atoms with Crippen LogP contribution in [0.1, 0.15) is 23.2 Å². The molecule has 1 aliphatic rings. The van der Waals surface area contributed by atoms with E-state index in [0.717, 1.165) is 31.7 Å². The highest BCUT2D eigenvalue weighted by Gasteiger charge is 2.14. The topological polar surface area (TPSA) is 64.4 Å². The van der Waals surface area contributed by atoms with Crippen LogP contribution in [-0.4, -0.2) is 25.2 Å². The Morgan fingerprint density at radius 3 is 3.12 bits per heavy atom. The summed E-state index contributed by atoms with van der Waals surface area (Å²) in [5.74, 6) is -0.402. The average Bonchev–Trinajstić information content (AvgIpc) is 2.79. The van der Waals surface area contributed by atoms with Crippen LogP contribution in [0.3, 0.4) is 0 Å². The standard InChI is InChI=1S/C12H16N2O2/c13-12(15)9-3-1-4-10(7-9)14-8-11-5-2-6-16-11/h1,3-4,7,11,14H,2,5-6,8H2,(H2,13,15). The molecule has 1 amide bonds. The zero-order chi connectivity index (χ0) is 11.4. The Morgan fingerprint density at radius 2 is 2.44 bits per heavy atom. The molecule has 3 N–H and O–H groups in total. The van der Waals surface area contributed by atoms with E-state index in [0.29, 0.717) is 5.56 Å². The Labute approximate surface area is 94.8 Å². The van der Waals surface area contributed by atoms with Crippen molar-refractivity contribution in [2.24, 2.45) is 5.73 Å². The van der Waals surface area contributed by atoms with Gasteiger partial charge in [-0.05, 0) is 31.0 Å². The van der Waals surface area contributed by atoms with Crippen molar-refractivity contribution in [3.05, 3.63) is 29.8 Å². The van der Waals surface area contributed by atoms with Gasteiger partial charge in [0.25, 0.3) is 0 Å². The lowest BCUT2D eigenvalue weighted by Crippen LogP contribution is -2.18. The maximum atomic E-state index is 11.0. The number of carbonyl (C=O) groups excluding carboxylic acids is 1. The first-order valence-corrected chi connectivity index (χ1v) is 5.51. The fourth-order valence-electron chi connectivity index (χ4n) is 1.82. The Balaban J connectivity index is 1.93. The van der Waals surface area contributed by atoms with Gasteiger partial charge in [-0.25, -0.2) is 0 Å². The van der Waals surface area contributed by atoms with Gasteiger partial charge in [0.1, 0.15) is 0 Å². The van der Waals surface area contributed by atoms with Crippen LogP contribution in [0.15, 0.2) is 24.3 Å². The highest BCUT2D eigenvalue weighted by Crippen LogP contribution is 2.14. The number of carbonyl (C=O) groups is 1. The van der Waals surface area contributed by atoms with Gasteiger partial charge in [-0.2, -0.15) is 0 Å². The van der Waals surface area contributed by atoms with Crippen LogP contribution < -0.4 is 11.1 Å². The molecule has 1 aliphatic heterocycles. The van der Waals surface area contributed by atoms with Gasteiger partial charge < -0.3 is 15.8 Å². The number of nitrogens with two attached hydrogens (primary N) is 1. The number of primary amides is 1. The zero-order valence-electron chi connectivity index (χ0n) is 9.11. The smallest absolute Gasteiger partial charge is 0.248 e. The van der Waals surface area contributed by atoms with Gasteiger partial charge >= 0.3 is 0 Å². The van der Waals surface area contributed by atoms with Crippen LogP contribution in [0, 0.1) is 0 Å². The van der Waals surface area contributed by atoms with Gasteiger partial charge in [0.15, 0.2) is 0 Å². The average molecular weight is 220 g/mol. The quantitative estimate of drug-likeness (QED) is 0.805. The van der Waals surface area contributed by atoms with Crippen LogP contribution in [0.5, 0.6) is 0 Å². The third-order valence-electron chi connectivity index (χ3n) is 2.70. The Bertz CT molecular complexity index is 373. The lowest BCUT2D eigenvalue weighted by Gasteiger charge is -2.12. The molecule has 1 aromatic rings. The maximum Gasteiger partial charge on any atom is 0.248 e. The van der Waals surface area contributed by atoms with Gasteiger partial charge in [-0.1, -0.05) is 6.07 Å². The fourth-order valence-corrected chi connectivity index (χ4v) is 1.82. The Kier molecular flexibility index (Phi) is 3.41. The number of hydrogen-bond donors (Lipinski definition) is 2. The number of nitrogens with one attached hydrogen (secondary N) is 1. The molecule has 0 aromatic heterocycles. The largest absolute Gasteiger partial charge is 0.382 e. The third kappa shape index (κ3) is 2.73. The molecule has 1 unspecified atom stereocenters. The van der Waals surface area contributed by atoms with Crippen molar-refractivity contribution in [3.63, 3.8) is 0 Å². The first kappa shape index (κ1) is 11.0. The second-order valence-electron chi connectivity index (χ2n) is 3.96. The van der Waals surface area contributed by atoms with Gasteiger partial charge in [0.05, 0.1) is 6.10 Å². The molecule has 1 heterocycles. The van der Waals surface area contributed by atoms with Crippen molar-refractivity contribution in [1.82, 2.24) is 0 Å². The summed E-state index contributed by atoms with van der Waals surface area (Å²) in [6, 6.07) is 7.20. The summed E-state index contributed by atoms with van der Waals surface area (Å²) < 4.78 is 5.50. The number of ether oxygens (including phenoxy) is 1. The zero-order valence-corrected chi connectivity index (χ0v) is 9.11. The van der Waals surface area contributed by atoms with E-state index in [4.69, 9.17) is 10.5 Å². The van der Waals surface area contributed by atoms with Crippen LogP contribution in [0.2, 0.25) is 0 Å². The monoisotopic (exact) mass is 220 g/mol. The number of benzene rings is 1. The van der Waals surface area contributed by atoms with Crippen LogP contribution in [0.4, 0.5) is 5.69 Å². The highest BCUT2D eigenvalue weighted by molar-refractivity contribution is 5.93. The highest BCUT2D eigenvalue weighted by atomic mass is 16.5. The molecule has 1 atom stereocenters. The molecule has 4 heteroatoms. The number of hydrogen-bond acceptors (Lipinski definition) is 3. The second-order valence-corrected chi connectivity index (χ2v) is 3.96. The van der Waals surface area contributed by atoms with E-state index in [9.17, 15) is 4.79 Å². The van der Waals surface area contributed by atoms with Crippen molar-refractivity contribution in [2.75, 3.05) is 18.5 Å². The van der Waals surface area contributed by atoms with Crippen molar-refractivity contribution < 1.29 is 9.53 Å². The van der Waals surface area contributed by atoms with Gasteiger partial charge in [-0.3, -0.25) is 4.79 Å². The minimum absolute atomic E-state index is 0.289. The summed E-state index contributed by atoms with van der Waals surface area (Å²) in [6.07, 6.45) is 2.52. The molecule has 2 rings (SSSR count). The molecule has 0 saturated carbocycles. The number of rotatable bonds is 4. The molecule has 1 fully saturated rings. The van der Waals surface area contributed by atoms with Gasteiger partial charge in [0.2, 0.25) is 5.91 Å². The summed E-state index contributed by atoms with van der Waals surface area (Å²) in [5.41, 5.74) is 6.64. The molecular weight excluding hydrogens is 204 g/mol. The van der Waals surface area contributed by atoms with E-state index in [-0.39, 0.29) is 6.10 Å². The molecule has 0 radical (unpaired) electrons. The summed E-state index contributed by atoms with van der Waals surface area (Å²) in [5, 5.41) is 3.25. The molecule has 1 saturated heterocycles. The van der Waals surface area contributed by atoms with Gasteiger partial charge in [0, 0.05) is 24.4 Å². The predicted molar refractivity (Wildman–Crippen MR) is 62.4 cm³/mol. The summed E-state index contributed by atoms with van der Waals surface area (Å²) in [6.45, 7) is 1.63. The van der Waals surface area contributed by atoms with E-state index >= 15 is 0 Å². The molecule has 4 nitrogen and oxygen atoms in total. The van der Waals surface area contributed by atoms with Crippen LogP contribution >= 0.6 is 0 Å². The second kappa shape index (κ2) is 4.99. The molecule has 0 spiro atoms. The summed E-state index contributed by atoms with van der Waals surface area (Å²) >= 11 is 0. The van der Waals surface area contributed by atoms with Crippen molar-refractivity contribution >= 4 is 11.6 Å². The van der Waals surface area contributed by atoms with E-state index in [2.05, 4.69) is 5.32 Å². The van der Waals surface area contributed by atoms with Crippen molar-refractivity contribution in [1.29, 1.82) is 0 Å². The Hall–Kier alpha value is -1.55. The maximum absolute atomic E-state index is 11.0. The van der Waals surface area contributed by atoms with Crippen LogP contribution in [-0.2, 0) is 4.74 Å². The number of anilines is 1. The number of amides is 1. The Morgan fingerprint density at radius 1 is 1.56 bits per heavy atom. The van der Waals surface area contributed by atoms with Crippen molar-refractivity contribution in [2.45, 2.75) is 18.9 Å². The minimum atomic E-state index is -0.402. The van der Waals surface area contributed by atoms with E-state index in [1.807, 2.05) is 12.1 Å². The van der Waals surface area contributed by atoms with E-state index in [1.54, 1.807) is 12.1 Å². The normalized spacial score (nSPS) is 19.6. The molecule has 0 aliphatic carbocycles. The van der Waals surface area contributed by atoms with Gasteiger partial charge in [-0.15, -0.1) is 0 Å². The predicted octanol–water partition coefficient (Wildman–Crippen LogP) is 1.38. The van der Waals surface area contributed by atoms with Crippen LogP contribution in [0.25, 0.3) is 0 Å². The lowest BCUT2D eigenvalue weighted by atomic mass is 10.2. The van der Waals surface area contributed by atoms with E-state index < -0.39 is 5.91 Å². The first-order chi connectivity index (χ1) is 7.75. The lowest BCUT2D eigenvalue weighted by molar-refractivity contribution is 0.100. The summed E-state index contributed by atoms with van der Waals surface area (Å²) in [7, 11) is 0.